The minimum absolute atomic E-state index is 0.136. The molecule has 122 valence electrons. The number of carbonyl (C=O) groups is 2. The summed E-state index contributed by atoms with van der Waals surface area (Å²) in [4.78, 5) is 23.8. The van der Waals surface area contributed by atoms with Crippen LogP contribution in [0.4, 0.5) is 0 Å². The Balaban J connectivity index is 2.71. The number of aromatic hydroxyl groups is 1. The number of benzene rings is 1. The Kier molecular flexibility index (Phi) is 6.85. The van der Waals surface area contributed by atoms with Gasteiger partial charge in [0.1, 0.15) is 11.8 Å². The first-order valence-corrected chi connectivity index (χ1v) is 7.27. The average molecular weight is 308 g/mol. The summed E-state index contributed by atoms with van der Waals surface area (Å²) in [5, 5.41) is 14.9. The van der Waals surface area contributed by atoms with Gasteiger partial charge in [0.05, 0.1) is 12.7 Å². The highest BCUT2D eigenvalue weighted by molar-refractivity contribution is 5.88. The van der Waals surface area contributed by atoms with Crippen LogP contribution in [0.15, 0.2) is 24.3 Å². The lowest BCUT2D eigenvalue weighted by atomic mass is 10.1. The largest absolute Gasteiger partial charge is 0.508 e. The number of likely N-dealkylation sites (N-methyl/N-ethyl adjacent to an activating group) is 1. The Morgan fingerprint density at radius 2 is 1.82 bits per heavy atom. The van der Waals surface area contributed by atoms with Crippen molar-refractivity contribution in [3.8, 4) is 5.75 Å². The van der Waals surface area contributed by atoms with Gasteiger partial charge in [-0.2, -0.15) is 0 Å². The zero-order valence-corrected chi connectivity index (χ0v) is 13.4. The van der Waals surface area contributed by atoms with Gasteiger partial charge < -0.3 is 20.5 Å². The van der Waals surface area contributed by atoms with E-state index in [4.69, 9.17) is 4.74 Å². The normalized spacial score (nSPS) is 13.5. The van der Waals surface area contributed by atoms with Crippen LogP contribution in [0.1, 0.15) is 26.3 Å². The third-order valence-electron chi connectivity index (χ3n) is 3.31. The van der Waals surface area contributed by atoms with Gasteiger partial charge in [-0.3, -0.25) is 9.59 Å². The second-order valence-electron chi connectivity index (χ2n) is 5.40. The molecule has 3 N–H and O–H groups in total. The molecule has 22 heavy (non-hydrogen) atoms. The van der Waals surface area contributed by atoms with Crippen molar-refractivity contribution in [1.29, 1.82) is 0 Å². The lowest BCUT2D eigenvalue weighted by Crippen LogP contribution is -2.53. The van der Waals surface area contributed by atoms with Crippen molar-refractivity contribution in [2.45, 2.75) is 39.5 Å². The third kappa shape index (κ3) is 5.04. The van der Waals surface area contributed by atoms with E-state index in [1.807, 2.05) is 0 Å². The van der Waals surface area contributed by atoms with Crippen LogP contribution in [-0.2, 0) is 20.9 Å². The Bertz CT molecular complexity index is 517. The van der Waals surface area contributed by atoms with E-state index in [9.17, 15) is 14.7 Å². The fourth-order valence-electron chi connectivity index (χ4n) is 1.82. The fourth-order valence-corrected chi connectivity index (χ4v) is 1.82. The van der Waals surface area contributed by atoms with Gasteiger partial charge in [-0.15, -0.1) is 0 Å². The van der Waals surface area contributed by atoms with Crippen molar-refractivity contribution in [3.05, 3.63) is 29.8 Å². The van der Waals surface area contributed by atoms with Crippen LogP contribution in [0.5, 0.6) is 5.75 Å². The van der Waals surface area contributed by atoms with Gasteiger partial charge >= 0.3 is 0 Å². The predicted molar refractivity (Wildman–Crippen MR) is 83.2 cm³/mol. The molecule has 0 radical (unpaired) electrons. The molecule has 2 amide bonds. The Morgan fingerprint density at radius 3 is 2.36 bits per heavy atom. The maximum Gasteiger partial charge on any atom is 0.245 e. The van der Waals surface area contributed by atoms with Gasteiger partial charge in [-0.05, 0) is 13.0 Å². The summed E-state index contributed by atoms with van der Waals surface area (Å²) >= 11 is 0. The number of hydrogen-bond acceptors (Lipinski definition) is 4. The van der Waals surface area contributed by atoms with Gasteiger partial charge in [0, 0.05) is 18.5 Å². The average Bonchev–Trinajstić information content (AvgIpc) is 2.50. The highest BCUT2D eigenvalue weighted by atomic mass is 16.5. The molecule has 6 nitrogen and oxygen atoms in total. The quantitative estimate of drug-likeness (QED) is 0.706. The summed E-state index contributed by atoms with van der Waals surface area (Å²) in [6.07, 6.45) is -0.540. The van der Waals surface area contributed by atoms with Crippen LogP contribution >= 0.6 is 0 Å². The van der Waals surface area contributed by atoms with Crippen LogP contribution in [0, 0.1) is 5.92 Å². The van der Waals surface area contributed by atoms with Crippen LogP contribution < -0.4 is 10.6 Å². The molecule has 0 bridgehead atoms. The standard InChI is InChI=1S/C16H24N2O4/c1-10(2)15(20)18-14(16(21)17-4)11(3)22-9-12-7-5-6-8-13(12)19/h5-8,10-11,14,19H,9H2,1-4H3,(H,17,21)(H,18,20). The second kappa shape index (κ2) is 8.38. The van der Waals surface area contributed by atoms with Gasteiger partial charge in [0.2, 0.25) is 11.8 Å². The molecule has 0 saturated heterocycles. The van der Waals surface area contributed by atoms with Crippen molar-refractivity contribution < 1.29 is 19.4 Å². The summed E-state index contributed by atoms with van der Waals surface area (Å²) < 4.78 is 5.64. The van der Waals surface area contributed by atoms with E-state index in [0.29, 0.717) is 5.56 Å². The summed E-state index contributed by atoms with van der Waals surface area (Å²) in [5.41, 5.74) is 0.625. The van der Waals surface area contributed by atoms with E-state index >= 15 is 0 Å². The van der Waals surface area contributed by atoms with Gasteiger partial charge in [0.15, 0.2) is 0 Å². The first-order chi connectivity index (χ1) is 10.4. The van der Waals surface area contributed by atoms with Crippen molar-refractivity contribution in [2.24, 2.45) is 5.92 Å². The summed E-state index contributed by atoms with van der Waals surface area (Å²) in [7, 11) is 1.51. The Labute approximate surface area is 130 Å². The molecule has 0 fully saturated rings. The number of nitrogens with one attached hydrogen (secondary N) is 2. The highest BCUT2D eigenvalue weighted by Crippen LogP contribution is 2.17. The van der Waals surface area contributed by atoms with E-state index in [1.165, 1.54) is 7.05 Å². The lowest BCUT2D eigenvalue weighted by molar-refractivity contribution is -0.134. The molecule has 0 spiro atoms. The molecule has 0 aliphatic carbocycles. The minimum Gasteiger partial charge on any atom is -0.508 e. The zero-order chi connectivity index (χ0) is 16.7. The summed E-state index contributed by atoms with van der Waals surface area (Å²) in [6, 6.07) is 6.04. The van der Waals surface area contributed by atoms with E-state index < -0.39 is 12.1 Å². The molecule has 0 aromatic heterocycles. The number of para-hydroxylation sites is 1. The van der Waals surface area contributed by atoms with Gasteiger partial charge in [-0.25, -0.2) is 0 Å². The van der Waals surface area contributed by atoms with Crippen molar-refractivity contribution in [2.75, 3.05) is 7.05 Å². The summed E-state index contributed by atoms with van der Waals surface area (Å²) in [5.74, 6) is -0.625. The van der Waals surface area contributed by atoms with Crippen LogP contribution in [-0.4, -0.2) is 36.1 Å². The van der Waals surface area contributed by atoms with Crippen molar-refractivity contribution in [3.63, 3.8) is 0 Å². The van der Waals surface area contributed by atoms with Crippen LogP contribution in [0.3, 0.4) is 0 Å². The molecule has 0 saturated carbocycles. The van der Waals surface area contributed by atoms with E-state index in [-0.39, 0.29) is 30.1 Å². The molecule has 6 heteroatoms. The monoisotopic (exact) mass is 308 g/mol. The molecule has 0 aliphatic heterocycles. The molecule has 2 atom stereocenters. The van der Waals surface area contributed by atoms with Crippen LogP contribution in [0.25, 0.3) is 0 Å². The maximum atomic E-state index is 11.9. The maximum absolute atomic E-state index is 11.9. The number of phenols is 1. The number of ether oxygens (including phenoxy) is 1. The first kappa shape index (κ1) is 18.0. The number of rotatable bonds is 7. The molecule has 1 aromatic carbocycles. The number of hydrogen-bond donors (Lipinski definition) is 3. The number of carbonyl (C=O) groups excluding carboxylic acids is 2. The second-order valence-corrected chi connectivity index (χ2v) is 5.40. The van der Waals surface area contributed by atoms with Crippen molar-refractivity contribution in [1.82, 2.24) is 10.6 Å². The highest BCUT2D eigenvalue weighted by Gasteiger charge is 2.27. The van der Waals surface area contributed by atoms with E-state index in [2.05, 4.69) is 10.6 Å². The third-order valence-corrected chi connectivity index (χ3v) is 3.31. The number of amides is 2. The van der Waals surface area contributed by atoms with Gasteiger partial charge in [0.25, 0.3) is 0 Å². The molecule has 1 aromatic rings. The van der Waals surface area contributed by atoms with Gasteiger partial charge in [-0.1, -0.05) is 32.0 Å². The summed E-state index contributed by atoms with van der Waals surface area (Å²) in [6.45, 7) is 5.37. The van der Waals surface area contributed by atoms with Crippen LogP contribution in [0.2, 0.25) is 0 Å². The topological polar surface area (TPSA) is 87.7 Å². The molecule has 0 heterocycles. The molecule has 2 unspecified atom stereocenters. The minimum atomic E-state index is -0.786. The molecule has 1 rings (SSSR count). The predicted octanol–water partition coefficient (Wildman–Crippen LogP) is 1.18. The van der Waals surface area contributed by atoms with E-state index in [1.54, 1.807) is 45.0 Å². The smallest absolute Gasteiger partial charge is 0.245 e. The molecular weight excluding hydrogens is 284 g/mol. The zero-order valence-electron chi connectivity index (χ0n) is 13.4. The lowest BCUT2D eigenvalue weighted by Gasteiger charge is -2.25. The Morgan fingerprint density at radius 1 is 1.18 bits per heavy atom. The fraction of sp³-hybridized carbons (Fsp3) is 0.500. The first-order valence-electron chi connectivity index (χ1n) is 7.27. The van der Waals surface area contributed by atoms with E-state index in [0.717, 1.165) is 0 Å². The molecular formula is C16H24N2O4. The number of phenolic OH excluding ortho intramolecular Hbond substituents is 1. The molecule has 0 aliphatic rings. The SMILES string of the molecule is CNC(=O)C(NC(=O)C(C)C)C(C)OCc1ccccc1O. The van der Waals surface area contributed by atoms with Crippen molar-refractivity contribution >= 4 is 11.8 Å². The Hall–Kier alpha value is -2.08.